The van der Waals surface area contributed by atoms with Gasteiger partial charge in [-0.2, -0.15) is 8.42 Å². The van der Waals surface area contributed by atoms with Crippen molar-refractivity contribution in [3.8, 4) is 0 Å². The van der Waals surface area contributed by atoms with E-state index in [-0.39, 0.29) is 23.3 Å². The number of carbonyl (C=O) groups is 2. The van der Waals surface area contributed by atoms with E-state index in [9.17, 15) is 18.0 Å². The van der Waals surface area contributed by atoms with Crippen LogP contribution in [-0.4, -0.2) is 62.0 Å². The van der Waals surface area contributed by atoms with Gasteiger partial charge in [-0.3, -0.25) is 9.59 Å². The minimum absolute atomic E-state index is 0.0993. The second-order valence-corrected chi connectivity index (χ2v) is 9.80. The average molecular weight is 455 g/mol. The van der Waals surface area contributed by atoms with Crippen LogP contribution in [0.3, 0.4) is 0 Å². The van der Waals surface area contributed by atoms with Crippen molar-refractivity contribution in [1.82, 2.24) is 9.80 Å². The zero-order valence-electron chi connectivity index (χ0n) is 18.3. The molecule has 0 unspecified atom stereocenters. The fraction of sp³-hybridized carbons (Fsp3) is 0.348. The molecule has 8 nitrogen and oxygen atoms in total. The Morgan fingerprint density at radius 2 is 1.91 bits per heavy atom. The number of nitrogens with zero attached hydrogens (tertiary/aromatic N) is 3. The maximum atomic E-state index is 13.2. The summed E-state index contributed by atoms with van der Waals surface area (Å²) in [6.07, 6.45) is 1.31. The number of anilines is 1. The minimum atomic E-state index is -3.77. The van der Waals surface area contributed by atoms with E-state index in [2.05, 4.69) is 9.71 Å². The molecule has 2 aromatic rings. The Balaban J connectivity index is 1.48. The van der Waals surface area contributed by atoms with Gasteiger partial charge in [0.1, 0.15) is 10.9 Å². The number of likely N-dealkylation sites (N-methyl/N-ethyl adjacent to an activating group) is 1. The first-order chi connectivity index (χ1) is 15.2. The van der Waals surface area contributed by atoms with Crippen molar-refractivity contribution in [3.05, 3.63) is 59.2 Å². The topological polar surface area (TPSA) is 99.2 Å². The van der Waals surface area contributed by atoms with E-state index in [4.69, 9.17) is 0 Å². The number of fused-ring (bicyclic) bond motifs is 1. The average Bonchev–Trinajstić information content (AvgIpc) is 3.33. The van der Waals surface area contributed by atoms with Gasteiger partial charge in [0.05, 0.1) is 6.54 Å². The van der Waals surface area contributed by atoms with Crippen LogP contribution in [0.5, 0.6) is 0 Å². The van der Waals surface area contributed by atoms with E-state index in [1.807, 2.05) is 32.0 Å². The Morgan fingerprint density at radius 1 is 1.16 bits per heavy atom. The highest BCUT2D eigenvalue weighted by Crippen LogP contribution is 2.31. The van der Waals surface area contributed by atoms with Crippen LogP contribution < -0.4 is 5.32 Å². The largest absolute Gasteiger partial charge is 0.343 e. The molecular weight excluding hydrogens is 428 g/mol. The van der Waals surface area contributed by atoms with Crippen LogP contribution >= 0.6 is 0 Å². The number of likely N-dealkylation sites (tertiary alicyclic amines) is 1. The molecule has 2 heterocycles. The number of aryl methyl sites for hydroxylation is 1. The van der Waals surface area contributed by atoms with Gasteiger partial charge >= 0.3 is 0 Å². The van der Waals surface area contributed by atoms with Gasteiger partial charge < -0.3 is 15.1 Å². The third-order valence-corrected chi connectivity index (χ3v) is 7.38. The summed E-state index contributed by atoms with van der Waals surface area (Å²) in [4.78, 5) is 29.1. The number of hydrogen-bond donors (Lipinski definition) is 1. The van der Waals surface area contributed by atoms with Gasteiger partial charge in [0.15, 0.2) is 5.84 Å². The Morgan fingerprint density at radius 3 is 2.69 bits per heavy atom. The zero-order chi connectivity index (χ0) is 23.0. The van der Waals surface area contributed by atoms with Crippen LogP contribution in [0.4, 0.5) is 5.69 Å². The fourth-order valence-corrected chi connectivity index (χ4v) is 5.41. The Bertz CT molecular complexity index is 1220. The van der Waals surface area contributed by atoms with E-state index >= 15 is 0 Å². The van der Waals surface area contributed by atoms with Gasteiger partial charge in [-0.25, -0.2) is 0 Å². The number of nitrogens with one attached hydrogen (secondary N) is 1. The van der Waals surface area contributed by atoms with Gasteiger partial charge in [0, 0.05) is 24.8 Å². The van der Waals surface area contributed by atoms with E-state index < -0.39 is 16.1 Å². The van der Waals surface area contributed by atoms with Crippen molar-refractivity contribution in [2.24, 2.45) is 4.40 Å². The number of hydrogen-bond acceptors (Lipinski definition) is 5. The molecule has 1 atom stereocenters. The molecule has 168 valence electrons. The smallest absolute Gasteiger partial charge is 0.285 e. The minimum Gasteiger partial charge on any atom is -0.343 e. The van der Waals surface area contributed by atoms with Gasteiger partial charge in [-0.1, -0.05) is 24.3 Å². The molecule has 0 spiro atoms. The molecule has 0 saturated carbocycles. The van der Waals surface area contributed by atoms with Crippen LogP contribution in [0.15, 0.2) is 51.8 Å². The van der Waals surface area contributed by atoms with Crippen molar-refractivity contribution >= 4 is 33.4 Å². The second-order valence-electron chi connectivity index (χ2n) is 8.23. The first-order valence-electron chi connectivity index (χ1n) is 10.5. The summed E-state index contributed by atoms with van der Waals surface area (Å²) in [6, 6.07) is 11.8. The highest BCUT2D eigenvalue weighted by molar-refractivity contribution is 7.90. The molecule has 1 N–H and O–H groups in total. The Hall–Kier alpha value is -3.20. The molecule has 0 bridgehead atoms. The molecule has 0 aromatic heterocycles. The number of carbonyl (C=O) groups excluding carboxylic acids is 2. The van der Waals surface area contributed by atoms with Gasteiger partial charge in [-0.05, 0) is 56.0 Å². The lowest BCUT2D eigenvalue weighted by atomic mass is 10.1. The second kappa shape index (κ2) is 8.38. The predicted molar refractivity (Wildman–Crippen MR) is 122 cm³/mol. The number of amidine groups is 1. The van der Waals surface area contributed by atoms with E-state index in [1.54, 1.807) is 30.1 Å². The molecular formula is C23H26N4O4S. The van der Waals surface area contributed by atoms with E-state index in [0.29, 0.717) is 24.4 Å². The normalized spacial score (nSPS) is 18.8. The van der Waals surface area contributed by atoms with E-state index in [0.717, 1.165) is 23.2 Å². The molecule has 0 aliphatic carbocycles. The Kier molecular flexibility index (Phi) is 5.77. The number of amides is 2. The van der Waals surface area contributed by atoms with Crippen LogP contribution in [0.2, 0.25) is 0 Å². The molecule has 9 heteroatoms. The maximum absolute atomic E-state index is 13.2. The molecule has 2 aliphatic heterocycles. The van der Waals surface area contributed by atoms with Crippen molar-refractivity contribution in [3.63, 3.8) is 0 Å². The van der Waals surface area contributed by atoms with Crippen LogP contribution in [0.1, 0.15) is 29.5 Å². The lowest BCUT2D eigenvalue weighted by Gasteiger charge is -2.29. The summed E-state index contributed by atoms with van der Waals surface area (Å²) in [5.41, 5.74) is 3.29. The van der Waals surface area contributed by atoms with Gasteiger partial charge in [0.2, 0.25) is 11.8 Å². The molecule has 2 amide bonds. The van der Waals surface area contributed by atoms with Crippen LogP contribution in [-0.2, 0) is 19.6 Å². The molecule has 2 aliphatic rings. The molecule has 0 radical (unpaired) electrons. The lowest BCUT2D eigenvalue weighted by molar-refractivity contribution is -0.136. The van der Waals surface area contributed by atoms with Crippen molar-refractivity contribution < 1.29 is 18.0 Å². The fourth-order valence-electron chi connectivity index (χ4n) is 4.20. The summed E-state index contributed by atoms with van der Waals surface area (Å²) in [7, 11) is -2.18. The van der Waals surface area contributed by atoms with Crippen molar-refractivity contribution in [1.29, 1.82) is 0 Å². The maximum Gasteiger partial charge on any atom is 0.285 e. The van der Waals surface area contributed by atoms with Crippen molar-refractivity contribution in [2.45, 2.75) is 37.6 Å². The summed E-state index contributed by atoms with van der Waals surface area (Å²) in [6.45, 7) is 4.34. The molecule has 32 heavy (non-hydrogen) atoms. The first kappa shape index (κ1) is 22.0. The third-order valence-electron chi connectivity index (χ3n) is 6.06. The quantitative estimate of drug-likeness (QED) is 0.764. The number of rotatable bonds is 4. The monoisotopic (exact) mass is 454 g/mol. The van der Waals surface area contributed by atoms with Gasteiger partial charge in [0.25, 0.3) is 10.0 Å². The summed E-state index contributed by atoms with van der Waals surface area (Å²) < 4.78 is 28.8. The van der Waals surface area contributed by atoms with Gasteiger partial charge in [-0.15, -0.1) is 4.40 Å². The summed E-state index contributed by atoms with van der Waals surface area (Å²) in [5, 5.41) is 2.87. The highest BCUT2D eigenvalue weighted by Gasteiger charge is 2.40. The zero-order valence-corrected chi connectivity index (χ0v) is 19.1. The summed E-state index contributed by atoms with van der Waals surface area (Å²) in [5.74, 6) is -0.210. The highest BCUT2D eigenvalue weighted by atomic mass is 32.2. The molecule has 2 aromatic carbocycles. The lowest BCUT2D eigenvalue weighted by Crippen LogP contribution is -2.48. The van der Waals surface area contributed by atoms with E-state index in [1.165, 1.54) is 11.0 Å². The third kappa shape index (κ3) is 4.00. The molecule has 1 saturated heterocycles. The SMILES string of the molecule is Cc1cccc(NC(=O)CN(C)C(=O)[C@@H]2CCCN2C2=NS(=O)(=O)c3ccccc32)c1C. The number of sulfonamides is 1. The first-order valence-corrected chi connectivity index (χ1v) is 11.9. The standard InChI is InChI=1S/C23H26N4O4S/c1-15-8-6-10-18(16(15)2)24-21(28)14-26(3)23(29)19-11-7-13-27(19)22-17-9-4-5-12-20(17)32(30,31)25-22/h4-6,8-10,12,19H,7,11,13-14H2,1-3H3,(H,24,28)/t19-/m0/s1. The molecule has 4 rings (SSSR count). The van der Waals surface area contributed by atoms with Crippen LogP contribution in [0.25, 0.3) is 0 Å². The summed E-state index contributed by atoms with van der Waals surface area (Å²) >= 11 is 0. The predicted octanol–water partition coefficient (Wildman–Crippen LogP) is 2.31. The molecule has 1 fully saturated rings. The van der Waals surface area contributed by atoms with Crippen molar-refractivity contribution in [2.75, 3.05) is 25.5 Å². The van der Waals surface area contributed by atoms with Crippen LogP contribution in [0, 0.1) is 13.8 Å². The number of benzene rings is 2. The Labute approximate surface area is 188 Å².